The highest BCUT2D eigenvalue weighted by atomic mass is 35.5. The first-order chi connectivity index (χ1) is 10.6. The molecule has 0 unspecified atom stereocenters. The molecule has 2 rings (SSSR count). The van der Waals surface area contributed by atoms with Gasteiger partial charge in [-0.1, -0.05) is 41.0 Å². The maximum absolute atomic E-state index is 11.4. The van der Waals surface area contributed by atoms with Gasteiger partial charge in [0.15, 0.2) is 11.0 Å². The average molecular weight is 357 g/mol. The van der Waals surface area contributed by atoms with E-state index in [0.29, 0.717) is 27.6 Å². The Kier molecular flexibility index (Phi) is 5.88. The molecule has 1 N–H and O–H groups in total. The Morgan fingerprint density at radius 3 is 2.86 bits per heavy atom. The molecule has 0 aliphatic heterocycles. The van der Waals surface area contributed by atoms with E-state index in [0.717, 1.165) is 5.56 Å². The standard InChI is InChI=1S/C14H14Cl2N4OS/c1-3-6-20-13(10-5-4-9(15)7-11(10)16)18-19-14(20)22-8-12(21)17-2/h3-5,7H,1,6,8H2,2H3,(H,17,21). The van der Waals surface area contributed by atoms with Gasteiger partial charge in [-0.15, -0.1) is 16.8 Å². The van der Waals surface area contributed by atoms with Crippen molar-refractivity contribution in [1.29, 1.82) is 0 Å². The lowest BCUT2D eigenvalue weighted by Gasteiger charge is -2.09. The number of carbonyl (C=O) groups is 1. The lowest BCUT2D eigenvalue weighted by Crippen LogP contribution is -2.20. The Labute approximate surface area is 142 Å². The molecule has 0 radical (unpaired) electrons. The minimum absolute atomic E-state index is 0.0794. The SMILES string of the molecule is C=CCn1c(SCC(=O)NC)nnc1-c1ccc(Cl)cc1Cl. The normalized spacial score (nSPS) is 10.5. The van der Waals surface area contributed by atoms with Crippen LogP contribution in [0.2, 0.25) is 10.0 Å². The molecule has 1 amide bonds. The van der Waals surface area contributed by atoms with Gasteiger partial charge < -0.3 is 5.32 Å². The fraction of sp³-hybridized carbons (Fsp3) is 0.214. The summed E-state index contributed by atoms with van der Waals surface area (Å²) in [5.74, 6) is 0.797. The van der Waals surface area contributed by atoms with Gasteiger partial charge in [0.1, 0.15) is 0 Å². The smallest absolute Gasteiger partial charge is 0.230 e. The van der Waals surface area contributed by atoms with Crippen molar-refractivity contribution in [2.24, 2.45) is 0 Å². The van der Waals surface area contributed by atoms with Gasteiger partial charge in [0.2, 0.25) is 5.91 Å². The first kappa shape index (κ1) is 16.9. The Hall–Kier alpha value is -1.50. The van der Waals surface area contributed by atoms with E-state index in [1.54, 1.807) is 31.3 Å². The van der Waals surface area contributed by atoms with Crippen LogP contribution in [0.25, 0.3) is 11.4 Å². The summed E-state index contributed by atoms with van der Waals surface area (Å²) in [6.45, 7) is 4.25. The highest BCUT2D eigenvalue weighted by Gasteiger charge is 2.16. The molecular formula is C14H14Cl2N4OS. The third-order valence-corrected chi connectivity index (χ3v) is 4.33. The molecule has 116 valence electrons. The first-order valence-corrected chi connectivity index (χ1v) is 8.14. The van der Waals surface area contributed by atoms with Gasteiger partial charge in [-0.2, -0.15) is 0 Å². The average Bonchev–Trinajstić information content (AvgIpc) is 2.88. The number of nitrogens with one attached hydrogen (secondary N) is 1. The lowest BCUT2D eigenvalue weighted by atomic mass is 10.2. The zero-order valence-electron chi connectivity index (χ0n) is 11.8. The highest BCUT2D eigenvalue weighted by Crippen LogP contribution is 2.31. The van der Waals surface area contributed by atoms with Crippen molar-refractivity contribution in [1.82, 2.24) is 20.1 Å². The summed E-state index contributed by atoms with van der Waals surface area (Å²) in [5, 5.41) is 12.6. The van der Waals surface area contributed by atoms with E-state index in [1.807, 2.05) is 4.57 Å². The zero-order valence-corrected chi connectivity index (χ0v) is 14.2. The molecule has 22 heavy (non-hydrogen) atoms. The molecule has 1 aromatic carbocycles. The molecule has 1 heterocycles. The number of thioether (sulfide) groups is 1. The van der Waals surface area contributed by atoms with Crippen LogP contribution in [0.5, 0.6) is 0 Å². The zero-order chi connectivity index (χ0) is 16.1. The Morgan fingerprint density at radius 2 is 2.23 bits per heavy atom. The highest BCUT2D eigenvalue weighted by molar-refractivity contribution is 7.99. The molecule has 0 spiro atoms. The van der Waals surface area contributed by atoms with Crippen molar-refractivity contribution in [3.63, 3.8) is 0 Å². The fourth-order valence-electron chi connectivity index (χ4n) is 1.76. The number of hydrogen-bond donors (Lipinski definition) is 1. The molecule has 2 aromatic rings. The largest absolute Gasteiger partial charge is 0.358 e. The predicted octanol–water partition coefficient (Wildman–Crippen LogP) is 3.28. The molecule has 0 saturated carbocycles. The summed E-state index contributed by atoms with van der Waals surface area (Å²) < 4.78 is 1.86. The van der Waals surface area contributed by atoms with Crippen molar-refractivity contribution in [2.45, 2.75) is 11.7 Å². The number of hydrogen-bond acceptors (Lipinski definition) is 4. The number of carbonyl (C=O) groups excluding carboxylic acids is 1. The molecule has 0 saturated heterocycles. The summed E-state index contributed by atoms with van der Waals surface area (Å²) in [5.41, 5.74) is 0.729. The number of amides is 1. The summed E-state index contributed by atoms with van der Waals surface area (Å²) in [6.07, 6.45) is 1.74. The fourth-order valence-corrected chi connectivity index (χ4v) is 3.07. The van der Waals surface area contributed by atoms with Crippen molar-refractivity contribution >= 4 is 40.9 Å². The maximum Gasteiger partial charge on any atom is 0.230 e. The molecule has 0 bridgehead atoms. The van der Waals surface area contributed by atoms with Gasteiger partial charge in [-0.3, -0.25) is 9.36 Å². The first-order valence-electron chi connectivity index (χ1n) is 6.39. The number of allylic oxidation sites excluding steroid dienone is 1. The Balaban J connectivity index is 2.37. The van der Waals surface area contributed by atoms with Gasteiger partial charge in [-0.05, 0) is 18.2 Å². The number of benzene rings is 1. The summed E-state index contributed by atoms with van der Waals surface area (Å²) in [4.78, 5) is 11.4. The Bertz CT molecular complexity index is 702. The van der Waals surface area contributed by atoms with Crippen LogP contribution in [-0.4, -0.2) is 33.5 Å². The maximum atomic E-state index is 11.4. The van der Waals surface area contributed by atoms with Crippen LogP contribution in [0.15, 0.2) is 36.0 Å². The van der Waals surface area contributed by atoms with E-state index in [9.17, 15) is 4.79 Å². The molecule has 0 atom stereocenters. The van der Waals surface area contributed by atoms with Crippen LogP contribution in [0, 0.1) is 0 Å². The van der Waals surface area contributed by atoms with Crippen LogP contribution in [0.4, 0.5) is 0 Å². The quantitative estimate of drug-likeness (QED) is 0.637. The summed E-state index contributed by atoms with van der Waals surface area (Å²) >= 11 is 13.5. The molecular weight excluding hydrogens is 343 g/mol. The number of rotatable bonds is 6. The second-order valence-electron chi connectivity index (χ2n) is 4.29. The third-order valence-electron chi connectivity index (χ3n) is 2.81. The summed E-state index contributed by atoms with van der Waals surface area (Å²) in [6, 6.07) is 5.19. The van der Waals surface area contributed by atoms with Crippen LogP contribution in [0.3, 0.4) is 0 Å². The topological polar surface area (TPSA) is 59.8 Å². The van der Waals surface area contributed by atoms with Gasteiger partial charge in [0.05, 0.1) is 10.8 Å². The molecule has 8 heteroatoms. The van der Waals surface area contributed by atoms with Crippen LogP contribution >= 0.6 is 35.0 Å². The van der Waals surface area contributed by atoms with Crippen molar-refractivity contribution < 1.29 is 4.79 Å². The molecule has 5 nitrogen and oxygen atoms in total. The number of aromatic nitrogens is 3. The van der Waals surface area contributed by atoms with Gasteiger partial charge in [0, 0.05) is 24.2 Å². The van der Waals surface area contributed by atoms with Crippen LogP contribution in [-0.2, 0) is 11.3 Å². The van der Waals surface area contributed by atoms with Crippen molar-refractivity contribution in [2.75, 3.05) is 12.8 Å². The van der Waals surface area contributed by atoms with Crippen LogP contribution in [0.1, 0.15) is 0 Å². The number of halogens is 2. The third kappa shape index (κ3) is 3.82. The van der Waals surface area contributed by atoms with E-state index in [-0.39, 0.29) is 11.7 Å². The molecule has 1 aromatic heterocycles. The van der Waals surface area contributed by atoms with E-state index in [1.165, 1.54) is 11.8 Å². The molecule has 0 fully saturated rings. The minimum atomic E-state index is -0.0794. The lowest BCUT2D eigenvalue weighted by molar-refractivity contribution is -0.118. The molecule has 0 aliphatic rings. The van der Waals surface area contributed by atoms with E-state index >= 15 is 0 Å². The van der Waals surface area contributed by atoms with Crippen LogP contribution < -0.4 is 5.32 Å². The molecule has 0 aliphatic carbocycles. The summed E-state index contributed by atoms with van der Waals surface area (Å²) in [7, 11) is 1.59. The van der Waals surface area contributed by atoms with E-state index in [4.69, 9.17) is 23.2 Å². The van der Waals surface area contributed by atoms with Crippen molar-refractivity contribution in [3.05, 3.63) is 40.9 Å². The second-order valence-corrected chi connectivity index (χ2v) is 6.08. The minimum Gasteiger partial charge on any atom is -0.358 e. The second kappa shape index (κ2) is 7.67. The van der Waals surface area contributed by atoms with Gasteiger partial charge >= 0.3 is 0 Å². The monoisotopic (exact) mass is 356 g/mol. The van der Waals surface area contributed by atoms with Gasteiger partial charge in [-0.25, -0.2) is 0 Å². The van der Waals surface area contributed by atoms with Gasteiger partial charge in [0.25, 0.3) is 0 Å². The predicted molar refractivity (Wildman–Crippen MR) is 90.5 cm³/mol. The van der Waals surface area contributed by atoms with Crippen molar-refractivity contribution in [3.8, 4) is 11.4 Å². The Morgan fingerprint density at radius 1 is 1.45 bits per heavy atom. The van der Waals surface area contributed by atoms with E-state index < -0.39 is 0 Å². The van der Waals surface area contributed by atoms with E-state index in [2.05, 4.69) is 22.1 Å². The number of nitrogens with zero attached hydrogens (tertiary/aromatic N) is 3.